The maximum absolute atomic E-state index is 4.65. The molecule has 0 fully saturated rings. The number of hydrogen-bond donors (Lipinski definition) is 1. The lowest BCUT2D eigenvalue weighted by Crippen LogP contribution is -2.08. The second-order valence-corrected chi connectivity index (χ2v) is 5.04. The van der Waals surface area contributed by atoms with Gasteiger partial charge in [0, 0.05) is 24.3 Å². The third kappa shape index (κ3) is 1.57. The lowest BCUT2D eigenvalue weighted by Gasteiger charge is -1.99. The van der Waals surface area contributed by atoms with Gasteiger partial charge in [0.05, 0.1) is 16.7 Å². The van der Waals surface area contributed by atoms with Gasteiger partial charge in [-0.3, -0.25) is 4.40 Å². The first-order valence-corrected chi connectivity index (χ1v) is 6.26. The van der Waals surface area contributed by atoms with Gasteiger partial charge in [-0.15, -0.1) is 0 Å². The first-order valence-electron chi connectivity index (χ1n) is 5.47. The van der Waals surface area contributed by atoms with E-state index < -0.39 is 0 Å². The lowest BCUT2D eigenvalue weighted by atomic mass is 10.3. The highest BCUT2D eigenvalue weighted by Crippen LogP contribution is 2.22. The minimum Gasteiger partial charge on any atom is -0.316 e. The summed E-state index contributed by atoms with van der Waals surface area (Å²) in [4.78, 5) is 4.65. The van der Waals surface area contributed by atoms with E-state index in [0.717, 1.165) is 27.8 Å². The van der Waals surface area contributed by atoms with Crippen molar-refractivity contribution in [3.05, 3.63) is 34.6 Å². The minimum atomic E-state index is 0.845. The predicted octanol–water partition coefficient (Wildman–Crippen LogP) is 2.31. The average Bonchev–Trinajstić information content (AvgIpc) is 2.78. The van der Waals surface area contributed by atoms with Crippen molar-refractivity contribution in [1.82, 2.24) is 19.3 Å². The van der Waals surface area contributed by atoms with Crippen molar-refractivity contribution in [2.45, 2.75) is 6.54 Å². The van der Waals surface area contributed by atoms with Crippen LogP contribution in [0.5, 0.6) is 0 Å². The Kier molecular flexibility index (Phi) is 2.45. The van der Waals surface area contributed by atoms with Crippen LogP contribution < -0.4 is 5.32 Å². The molecule has 3 aromatic rings. The number of imidazole rings is 2. The monoisotopic (exact) mass is 292 g/mol. The largest absolute Gasteiger partial charge is 0.316 e. The van der Waals surface area contributed by atoms with Crippen LogP contribution in [-0.4, -0.2) is 21.0 Å². The van der Waals surface area contributed by atoms with Crippen molar-refractivity contribution >= 4 is 32.7 Å². The molecule has 0 atom stereocenters. The highest BCUT2D eigenvalue weighted by Gasteiger charge is 2.11. The Morgan fingerprint density at radius 1 is 1.41 bits per heavy atom. The molecule has 0 saturated carbocycles. The third-order valence-corrected chi connectivity index (χ3v) is 3.49. The first kappa shape index (κ1) is 10.8. The summed E-state index contributed by atoms with van der Waals surface area (Å²) in [6.07, 6.45) is 2.13. The summed E-state index contributed by atoms with van der Waals surface area (Å²) in [5, 5.41) is 3.16. The van der Waals surface area contributed by atoms with Gasteiger partial charge in [0.2, 0.25) is 5.78 Å². The topological polar surface area (TPSA) is 34.3 Å². The van der Waals surface area contributed by atoms with Crippen molar-refractivity contribution in [2.75, 3.05) is 7.05 Å². The summed E-state index contributed by atoms with van der Waals surface area (Å²) in [6.45, 7) is 0.845. The van der Waals surface area contributed by atoms with E-state index in [-0.39, 0.29) is 0 Å². The molecule has 0 bridgehead atoms. The molecule has 1 N–H and O–H groups in total. The molecule has 3 rings (SSSR count). The summed E-state index contributed by atoms with van der Waals surface area (Å²) in [5.74, 6) is 0.975. The van der Waals surface area contributed by atoms with Crippen LogP contribution in [0.15, 0.2) is 28.9 Å². The van der Waals surface area contributed by atoms with E-state index in [0.29, 0.717) is 0 Å². The molecule has 0 saturated heterocycles. The number of nitrogens with zero attached hydrogens (tertiary/aromatic N) is 3. The Hall–Kier alpha value is -1.33. The fourth-order valence-electron chi connectivity index (χ4n) is 2.13. The van der Waals surface area contributed by atoms with Crippen molar-refractivity contribution in [3.63, 3.8) is 0 Å². The van der Waals surface area contributed by atoms with Crippen LogP contribution in [0.25, 0.3) is 16.8 Å². The van der Waals surface area contributed by atoms with Crippen LogP contribution in [-0.2, 0) is 13.6 Å². The molecule has 2 aromatic heterocycles. The SMILES string of the molecule is CNCc1cn2c3ccc(Br)cc3nc2n1C. The summed E-state index contributed by atoms with van der Waals surface area (Å²) < 4.78 is 5.31. The number of aryl methyl sites for hydroxylation is 1. The van der Waals surface area contributed by atoms with Crippen molar-refractivity contribution in [3.8, 4) is 0 Å². The second kappa shape index (κ2) is 3.85. The summed E-state index contributed by atoms with van der Waals surface area (Å²) in [6, 6.07) is 6.17. The van der Waals surface area contributed by atoms with Crippen LogP contribution in [0.2, 0.25) is 0 Å². The van der Waals surface area contributed by atoms with Crippen molar-refractivity contribution < 1.29 is 0 Å². The van der Waals surface area contributed by atoms with Crippen LogP contribution in [0.1, 0.15) is 5.69 Å². The summed E-state index contributed by atoms with van der Waals surface area (Å²) >= 11 is 3.47. The molecule has 17 heavy (non-hydrogen) atoms. The average molecular weight is 293 g/mol. The maximum Gasteiger partial charge on any atom is 0.214 e. The van der Waals surface area contributed by atoms with E-state index in [1.165, 1.54) is 5.69 Å². The summed E-state index contributed by atoms with van der Waals surface area (Å²) in [5.41, 5.74) is 3.38. The molecule has 5 heteroatoms. The molecular weight excluding hydrogens is 280 g/mol. The molecule has 2 heterocycles. The Balaban J connectivity index is 2.33. The summed E-state index contributed by atoms with van der Waals surface area (Å²) in [7, 11) is 3.99. The number of nitrogens with one attached hydrogen (secondary N) is 1. The quantitative estimate of drug-likeness (QED) is 0.787. The third-order valence-electron chi connectivity index (χ3n) is 3.00. The fraction of sp³-hybridized carbons (Fsp3) is 0.250. The molecule has 0 aliphatic carbocycles. The zero-order valence-electron chi connectivity index (χ0n) is 9.74. The van der Waals surface area contributed by atoms with Crippen LogP contribution in [0.3, 0.4) is 0 Å². The number of benzene rings is 1. The van der Waals surface area contributed by atoms with E-state index in [9.17, 15) is 0 Å². The fourth-order valence-corrected chi connectivity index (χ4v) is 2.48. The normalized spacial score (nSPS) is 11.7. The van der Waals surface area contributed by atoms with E-state index >= 15 is 0 Å². The zero-order chi connectivity index (χ0) is 12.0. The number of halogens is 1. The molecule has 1 aromatic carbocycles. The van der Waals surface area contributed by atoms with E-state index in [4.69, 9.17) is 0 Å². The number of fused-ring (bicyclic) bond motifs is 3. The highest BCUT2D eigenvalue weighted by atomic mass is 79.9. The molecule has 88 valence electrons. The Labute approximate surface area is 107 Å². The Bertz CT molecular complexity index is 695. The molecule has 0 unspecified atom stereocenters. The predicted molar refractivity (Wildman–Crippen MR) is 72.1 cm³/mol. The van der Waals surface area contributed by atoms with Crippen molar-refractivity contribution in [2.24, 2.45) is 7.05 Å². The van der Waals surface area contributed by atoms with Gasteiger partial charge in [0.25, 0.3) is 0 Å². The molecule has 0 spiro atoms. The first-order chi connectivity index (χ1) is 8.20. The molecule has 4 nitrogen and oxygen atoms in total. The van der Waals surface area contributed by atoms with Gasteiger partial charge in [-0.25, -0.2) is 4.98 Å². The van der Waals surface area contributed by atoms with Gasteiger partial charge in [-0.2, -0.15) is 0 Å². The van der Waals surface area contributed by atoms with E-state index in [1.54, 1.807) is 0 Å². The highest BCUT2D eigenvalue weighted by molar-refractivity contribution is 9.10. The standard InChI is InChI=1S/C12H13BrN4/c1-14-6-9-7-17-11-4-3-8(13)5-10(11)15-12(17)16(9)2/h3-5,7,14H,6H2,1-2H3. The number of hydrogen-bond acceptors (Lipinski definition) is 2. The van der Waals surface area contributed by atoms with Gasteiger partial charge < -0.3 is 9.88 Å². The van der Waals surface area contributed by atoms with Gasteiger partial charge in [-0.05, 0) is 25.2 Å². The van der Waals surface area contributed by atoms with Crippen molar-refractivity contribution in [1.29, 1.82) is 0 Å². The maximum atomic E-state index is 4.65. The molecule has 0 aliphatic rings. The Morgan fingerprint density at radius 3 is 3.00 bits per heavy atom. The zero-order valence-corrected chi connectivity index (χ0v) is 11.3. The van der Waals surface area contributed by atoms with Gasteiger partial charge in [-0.1, -0.05) is 15.9 Å². The van der Waals surface area contributed by atoms with Crippen LogP contribution in [0.4, 0.5) is 0 Å². The lowest BCUT2D eigenvalue weighted by molar-refractivity contribution is 0.742. The smallest absolute Gasteiger partial charge is 0.214 e. The second-order valence-electron chi connectivity index (χ2n) is 4.12. The molecule has 0 aliphatic heterocycles. The Morgan fingerprint density at radius 2 is 2.24 bits per heavy atom. The molecule has 0 amide bonds. The van der Waals surface area contributed by atoms with Gasteiger partial charge in [0.1, 0.15) is 0 Å². The van der Waals surface area contributed by atoms with E-state index in [1.807, 2.05) is 26.2 Å². The number of aromatic nitrogens is 3. The van der Waals surface area contributed by atoms with Gasteiger partial charge >= 0.3 is 0 Å². The van der Waals surface area contributed by atoms with Crippen LogP contribution in [0, 0.1) is 0 Å². The molecular formula is C12H13BrN4. The van der Waals surface area contributed by atoms with Crippen LogP contribution >= 0.6 is 15.9 Å². The minimum absolute atomic E-state index is 0.845. The molecule has 0 radical (unpaired) electrons. The van der Waals surface area contributed by atoms with E-state index in [2.05, 4.69) is 47.5 Å². The van der Waals surface area contributed by atoms with Gasteiger partial charge in [0.15, 0.2) is 0 Å². The number of rotatable bonds is 2.